The fourth-order valence-electron chi connectivity index (χ4n) is 10.0. The molecule has 0 aromatic heterocycles. The first-order valence-corrected chi connectivity index (χ1v) is 14.2. The first-order chi connectivity index (χ1) is 14.7. The van der Waals surface area contributed by atoms with Gasteiger partial charge >= 0.3 is 0 Å². The number of rotatable bonds is 7. The zero-order valence-corrected chi connectivity index (χ0v) is 21.5. The van der Waals surface area contributed by atoms with Gasteiger partial charge in [-0.2, -0.15) is 0 Å². The Hall–Kier alpha value is -0.0800. The van der Waals surface area contributed by atoms with E-state index in [2.05, 4.69) is 34.6 Å². The first-order valence-electron chi connectivity index (χ1n) is 14.2. The van der Waals surface area contributed by atoms with Crippen molar-refractivity contribution >= 4 is 0 Å². The zero-order chi connectivity index (χ0) is 22.4. The molecule has 4 aliphatic rings. The Morgan fingerprint density at radius 3 is 2.23 bits per heavy atom. The minimum atomic E-state index is -0.150. The molecule has 0 bridgehead atoms. The normalized spacial score (nSPS) is 44.6. The van der Waals surface area contributed by atoms with E-state index in [1.807, 2.05) is 0 Å². The molecule has 4 saturated carbocycles. The Bertz CT molecular complexity index is 600. The van der Waals surface area contributed by atoms with E-state index in [4.69, 9.17) is 11.5 Å². The molecule has 180 valence electrons. The third kappa shape index (κ3) is 4.39. The highest BCUT2D eigenvalue weighted by atomic mass is 14.8. The largest absolute Gasteiger partial charge is 0.316 e. The highest BCUT2D eigenvalue weighted by Gasteiger charge is 2.60. The predicted molar refractivity (Wildman–Crippen MR) is 133 cm³/mol. The zero-order valence-electron chi connectivity index (χ0n) is 21.5. The van der Waals surface area contributed by atoms with Crippen molar-refractivity contribution in [2.75, 3.05) is 0 Å². The van der Waals surface area contributed by atoms with Crippen LogP contribution in [0.25, 0.3) is 0 Å². The second-order valence-corrected chi connectivity index (χ2v) is 13.6. The molecular weight excluding hydrogens is 376 g/mol. The quantitative estimate of drug-likeness (QED) is 0.414. The number of hydrogen-bond acceptors (Lipinski definition) is 2. The van der Waals surface area contributed by atoms with Crippen LogP contribution in [0, 0.1) is 58.2 Å². The molecule has 0 heterocycles. The van der Waals surface area contributed by atoms with Gasteiger partial charge in [-0.3, -0.25) is 0 Å². The number of hydrogen-bond donors (Lipinski definition) is 2. The Balaban J connectivity index is 1.42. The lowest BCUT2D eigenvalue weighted by Crippen LogP contribution is -2.53. The maximum atomic E-state index is 5.97. The van der Waals surface area contributed by atoms with Crippen LogP contribution in [0.5, 0.6) is 0 Å². The molecule has 0 aromatic carbocycles. The molecule has 1 unspecified atom stereocenters. The fraction of sp³-hybridized carbons (Fsp3) is 1.00. The molecule has 4 N–H and O–H groups in total. The summed E-state index contributed by atoms with van der Waals surface area (Å²) < 4.78 is 0. The van der Waals surface area contributed by atoms with Crippen LogP contribution < -0.4 is 11.5 Å². The Labute approximate surface area is 194 Å². The van der Waals surface area contributed by atoms with Crippen molar-refractivity contribution in [2.45, 2.75) is 124 Å². The number of nitrogens with two attached hydrogens (primary N) is 2. The minimum Gasteiger partial charge on any atom is -0.316 e. The van der Waals surface area contributed by atoms with Crippen LogP contribution in [0.15, 0.2) is 0 Å². The van der Waals surface area contributed by atoms with Crippen molar-refractivity contribution < 1.29 is 0 Å². The van der Waals surface area contributed by atoms with Gasteiger partial charge in [0.05, 0.1) is 6.17 Å². The van der Waals surface area contributed by atoms with Gasteiger partial charge in [0.25, 0.3) is 0 Å². The summed E-state index contributed by atoms with van der Waals surface area (Å²) in [6, 6.07) is 0. The van der Waals surface area contributed by atoms with E-state index < -0.39 is 0 Å². The lowest BCUT2D eigenvalue weighted by molar-refractivity contribution is -0.114. The summed E-state index contributed by atoms with van der Waals surface area (Å²) in [6.07, 6.45) is 18.7. The van der Waals surface area contributed by atoms with Gasteiger partial charge < -0.3 is 11.5 Å². The topological polar surface area (TPSA) is 52.0 Å². The lowest BCUT2D eigenvalue weighted by Gasteiger charge is -2.61. The summed E-state index contributed by atoms with van der Waals surface area (Å²) in [5.41, 5.74) is 13.2. The van der Waals surface area contributed by atoms with Gasteiger partial charge in [0, 0.05) is 0 Å². The molecule has 4 aliphatic carbocycles. The standard InChI is InChI=1S/C29H54N2/c1-19(2)21(18-27(30)31)10-9-20(3)24-13-14-25-23-12-11-22-8-6-7-16-28(22,4)26(23)15-17-29(24,25)5/h19-27H,6-18,30-31H2,1-5H3/t20-,21+,22?,23+,24-,25+,26+,28+,29-/m1/s1. The van der Waals surface area contributed by atoms with Gasteiger partial charge in [-0.15, -0.1) is 0 Å². The average Bonchev–Trinajstić information content (AvgIpc) is 3.07. The highest BCUT2D eigenvalue weighted by Crippen LogP contribution is 2.68. The monoisotopic (exact) mass is 430 g/mol. The Morgan fingerprint density at radius 1 is 0.774 bits per heavy atom. The van der Waals surface area contributed by atoms with Gasteiger partial charge in [-0.25, -0.2) is 0 Å². The second-order valence-electron chi connectivity index (χ2n) is 13.6. The molecule has 0 saturated heterocycles. The smallest absolute Gasteiger partial charge is 0.0523 e. The van der Waals surface area contributed by atoms with Crippen LogP contribution in [0.2, 0.25) is 0 Å². The van der Waals surface area contributed by atoms with Crippen molar-refractivity contribution in [3.05, 3.63) is 0 Å². The molecule has 2 nitrogen and oxygen atoms in total. The predicted octanol–water partition coefficient (Wildman–Crippen LogP) is 7.36. The molecular formula is C29H54N2. The molecule has 4 fully saturated rings. The van der Waals surface area contributed by atoms with E-state index in [9.17, 15) is 0 Å². The maximum absolute atomic E-state index is 5.97. The highest BCUT2D eigenvalue weighted by molar-refractivity contribution is 5.09. The third-order valence-corrected chi connectivity index (χ3v) is 11.9. The van der Waals surface area contributed by atoms with Crippen LogP contribution in [0.3, 0.4) is 0 Å². The summed E-state index contributed by atoms with van der Waals surface area (Å²) in [6.45, 7) is 12.7. The van der Waals surface area contributed by atoms with Crippen molar-refractivity contribution in [2.24, 2.45) is 69.6 Å². The number of fused-ring (bicyclic) bond motifs is 5. The molecule has 9 atom stereocenters. The van der Waals surface area contributed by atoms with Crippen LogP contribution >= 0.6 is 0 Å². The fourth-order valence-corrected chi connectivity index (χ4v) is 10.0. The van der Waals surface area contributed by atoms with Crippen LogP contribution in [-0.2, 0) is 0 Å². The maximum Gasteiger partial charge on any atom is 0.0523 e. The summed E-state index contributed by atoms with van der Waals surface area (Å²) in [7, 11) is 0. The van der Waals surface area contributed by atoms with Crippen molar-refractivity contribution in [3.63, 3.8) is 0 Å². The van der Waals surface area contributed by atoms with Gasteiger partial charge in [0.1, 0.15) is 0 Å². The minimum absolute atomic E-state index is 0.150. The van der Waals surface area contributed by atoms with Crippen molar-refractivity contribution in [3.8, 4) is 0 Å². The summed E-state index contributed by atoms with van der Waals surface area (Å²) in [5.74, 6) is 7.30. The van der Waals surface area contributed by atoms with E-state index in [1.165, 1.54) is 64.2 Å². The summed E-state index contributed by atoms with van der Waals surface area (Å²) in [5, 5.41) is 0. The third-order valence-electron chi connectivity index (χ3n) is 11.9. The molecule has 0 radical (unpaired) electrons. The Kier molecular flexibility index (Phi) is 7.20. The molecule has 0 aliphatic heterocycles. The molecule has 4 rings (SSSR count). The Morgan fingerprint density at radius 2 is 1.52 bits per heavy atom. The summed E-state index contributed by atoms with van der Waals surface area (Å²) in [4.78, 5) is 0. The van der Waals surface area contributed by atoms with Crippen LogP contribution in [-0.4, -0.2) is 6.17 Å². The van der Waals surface area contributed by atoms with Gasteiger partial charge in [-0.05, 0) is 122 Å². The molecule has 0 amide bonds. The second kappa shape index (κ2) is 9.28. The van der Waals surface area contributed by atoms with E-state index in [0.717, 1.165) is 41.9 Å². The van der Waals surface area contributed by atoms with Crippen molar-refractivity contribution in [1.29, 1.82) is 0 Å². The van der Waals surface area contributed by atoms with Gasteiger partial charge in [-0.1, -0.05) is 53.9 Å². The van der Waals surface area contributed by atoms with Crippen LogP contribution in [0.4, 0.5) is 0 Å². The van der Waals surface area contributed by atoms with E-state index in [0.29, 0.717) is 22.7 Å². The molecule has 31 heavy (non-hydrogen) atoms. The average molecular weight is 431 g/mol. The molecule has 2 heteroatoms. The van der Waals surface area contributed by atoms with Gasteiger partial charge in [0.15, 0.2) is 0 Å². The summed E-state index contributed by atoms with van der Waals surface area (Å²) >= 11 is 0. The molecule has 0 spiro atoms. The van der Waals surface area contributed by atoms with E-state index in [-0.39, 0.29) is 6.17 Å². The van der Waals surface area contributed by atoms with Gasteiger partial charge in [0.2, 0.25) is 0 Å². The molecule has 0 aromatic rings. The SMILES string of the molecule is CC(C)[C@@H](CC[C@@H](C)[C@H]1CC[C@H]2[C@@H]3CCC4CCCC[C@]4(C)[C@H]3CC[C@]12C)CC(N)N. The van der Waals surface area contributed by atoms with E-state index >= 15 is 0 Å². The van der Waals surface area contributed by atoms with Crippen LogP contribution in [0.1, 0.15) is 118 Å². The van der Waals surface area contributed by atoms with E-state index in [1.54, 1.807) is 12.8 Å². The van der Waals surface area contributed by atoms with Crippen molar-refractivity contribution in [1.82, 2.24) is 0 Å². The lowest BCUT2D eigenvalue weighted by atomic mass is 9.44. The first kappa shape index (κ1) is 24.1.